The van der Waals surface area contributed by atoms with Gasteiger partial charge < -0.3 is 4.90 Å². The molecule has 0 radical (unpaired) electrons. The van der Waals surface area contributed by atoms with Crippen LogP contribution in [0.15, 0.2) is 65.8 Å². The fraction of sp³-hybridized carbons (Fsp3) is 0.296. The summed E-state index contributed by atoms with van der Waals surface area (Å²) in [6.45, 7) is 7.96. The third-order valence-corrected chi connectivity index (χ3v) is 7.75. The zero-order valence-electron chi connectivity index (χ0n) is 20.9. The number of nitrogens with one attached hydrogen (secondary N) is 1. The highest BCUT2D eigenvalue weighted by molar-refractivity contribution is 7.92. The number of benzene rings is 2. The molecule has 1 N–H and O–H groups in total. The number of amides is 1. The van der Waals surface area contributed by atoms with Crippen LogP contribution in [0.5, 0.6) is 0 Å². The summed E-state index contributed by atoms with van der Waals surface area (Å²) < 4.78 is 28.9. The lowest BCUT2D eigenvalue weighted by Gasteiger charge is -2.27. The summed E-state index contributed by atoms with van der Waals surface area (Å²) in [4.78, 5) is 31.1. The van der Waals surface area contributed by atoms with E-state index in [1.54, 1.807) is 31.6 Å². The van der Waals surface area contributed by atoms with Crippen LogP contribution in [-0.2, 0) is 21.9 Å². The number of anilines is 1. The summed E-state index contributed by atoms with van der Waals surface area (Å²) in [5.74, 6) is -0.531. The summed E-state index contributed by atoms with van der Waals surface area (Å²) in [7, 11) is -2.45. The number of hydrogen-bond acceptors (Lipinski definition) is 5. The first-order valence-electron chi connectivity index (χ1n) is 11.4. The fourth-order valence-corrected chi connectivity index (χ4v) is 5.01. The Labute approximate surface area is 217 Å². The highest BCUT2D eigenvalue weighted by atomic mass is 35.5. The van der Waals surface area contributed by atoms with E-state index in [2.05, 4.69) is 9.71 Å². The number of pyridine rings is 1. The summed E-state index contributed by atoms with van der Waals surface area (Å²) in [5.41, 5.74) is 1.58. The van der Waals surface area contributed by atoms with Crippen LogP contribution in [0.4, 0.5) is 5.69 Å². The molecule has 1 amide bonds. The monoisotopic (exact) mass is 527 g/mol. The van der Waals surface area contributed by atoms with Gasteiger partial charge in [0.05, 0.1) is 21.2 Å². The zero-order chi connectivity index (χ0) is 26.7. The molecule has 9 heteroatoms. The molecule has 0 spiro atoms. The molecule has 3 aromatic rings. The molecule has 1 heterocycles. The molecule has 0 fully saturated rings. The van der Waals surface area contributed by atoms with Crippen molar-refractivity contribution >= 4 is 39.5 Å². The maximum Gasteiger partial charge on any atom is 0.261 e. The molecule has 0 aliphatic heterocycles. The SMILES string of the molecule is CC(Cc1cccnc1)N(C)C(=O)c1c(NS(=O)(=O)c2ccc(C(C)(C)C)cc2)ccc(Cl)c1C=O. The number of sulfonamides is 1. The Bertz CT molecular complexity index is 1350. The van der Waals surface area contributed by atoms with Crippen LogP contribution in [-0.4, -0.2) is 43.6 Å². The van der Waals surface area contributed by atoms with Gasteiger partial charge in [0.1, 0.15) is 0 Å². The number of hydrogen-bond donors (Lipinski definition) is 1. The summed E-state index contributed by atoms with van der Waals surface area (Å²) in [5, 5.41) is 0.0548. The average molecular weight is 528 g/mol. The van der Waals surface area contributed by atoms with Crippen molar-refractivity contribution in [3.05, 3.63) is 88.2 Å². The van der Waals surface area contributed by atoms with Crippen LogP contribution in [0.1, 0.15) is 59.5 Å². The predicted molar refractivity (Wildman–Crippen MR) is 142 cm³/mol. The first kappa shape index (κ1) is 27.4. The van der Waals surface area contributed by atoms with E-state index in [9.17, 15) is 18.0 Å². The highest BCUT2D eigenvalue weighted by Crippen LogP contribution is 2.30. The van der Waals surface area contributed by atoms with Gasteiger partial charge in [0.15, 0.2) is 6.29 Å². The van der Waals surface area contributed by atoms with Gasteiger partial charge in [-0.25, -0.2) is 8.42 Å². The van der Waals surface area contributed by atoms with Gasteiger partial charge >= 0.3 is 0 Å². The Kier molecular flexibility index (Phi) is 8.21. The summed E-state index contributed by atoms with van der Waals surface area (Å²) in [6, 6.07) is 12.8. The number of aldehydes is 1. The second-order valence-corrected chi connectivity index (χ2v) is 11.8. The minimum absolute atomic E-state index is 0.0215. The Morgan fingerprint density at radius 1 is 1.14 bits per heavy atom. The third kappa shape index (κ3) is 6.12. The summed E-state index contributed by atoms with van der Waals surface area (Å²) >= 11 is 6.22. The maximum atomic E-state index is 13.6. The molecule has 3 rings (SSSR count). The van der Waals surface area contributed by atoms with Crippen molar-refractivity contribution in [2.45, 2.75) is 50.5 Å². The molecule has 7 nitrogen and oxygen atoms in total. The van der Waals surface area contributed by atoms with Crippen molar-refractivity contribution in [2.75, 3.05) is 11.8 Å². The number of aromatic nitrogens is 1. The van der Waals surface area contributed by atoms with E-state index in [0.717, 1.165) is 11.1 Å². The standard InChI is InChI=1S/C27H30ClN3O4S/c1-18(15-19-7-6-14-29-16-19)31(5)26(33)25-22(17-32)23(28)12-13-24(25)30-36(34,35)21-10-8-20(9-11-21)27(2,3)4/h6-14,16-18,30H,15H2,1-5H3. The number of carbonyl (C=O) groups excluding carboxylic acids is 2. The lowest BCUT2D eigenvalue weighted by Crippen LogP contribution is -2.37. The predicted octanol–water partition coefficient (Wildman–Crippen LogP) is 5.35. The topological polar surface area (TPSA) is 96.4 Å². The van der Waals surface area contributed by atoms with E-state index in [-0.39, 0.29) is 38.2 Å². The minimum atomic E-state index is -4.05. The molecular formula is C27H30ClN3O4S. The summed E-state index contributed by atoms with van der Waals surface area (Å²) in [6.07, 6.45) is 4.37. The van der Waals surface area contributed by atoms with Gasteiger partial charge in [0, 0.05) is 31.0 Å². The molecule has 1 unspecified atom stereocenters. The van der Waals surface area contributed by atoms with Gasteiger partial charge in [-0.3, -0.25) is 19.3 Å². The van der Waals surface area contributed by atoms with Gasteiger partial charge in [-0.05, 0) is 60.2 Å². The normalized spacial score (nSPS) is 12.6. The molecule has 2 aromatic carbocycles. The van der Waals surface area contributed by atoms with Gasteiger partial charge in [-0.15, -0.1) is 0 Å². The number of rotatable bonds is 8. The van der Waals surface area contributed by atoms with Crippen molar-refractivity contribution in [1.29, 1.82) is 0 Å². The van der Waals surface area contributed by atoms with Gasteiger partial charge in [0.25, 0.3) is 15.9 Å². The molecule has 1 aromatic heterocycles. The first-order chi connectivity index (χ1) is 16.8. The second kappa shape index (κ2) is 10.8. The highest BCUT2D eigenvalue weighted by Gasteiger charge is 2.27. The molecule has 0 saturated heterocycles. The molecule has 0 aliphatic rings. The number of halogens is 1. The second-order valence-electron chi connectivity index (χ2n) is 9.71. The average Bonchev–Trinajstić information content (AvgIpc) is 2.84. The molecule has 0 saturated carbocycles. The van der Waals surface area contributed by atoms with E-state index < -0.39 is 15.9 Å². The van der Waals surface area contributed by atoms with E-state index in [4.69, 9.17) is 11.6 Å². The van der Waals surface area contributed by atoms with E-state index >= 15 is 0 Å². The molecule has 0 aliphatic carbocycles. The molecule has 0 bridgehead atoms. The number of nitrogens with zero attached hydrogens (tertiary/aromatic N) is 2. The maximum absolute atomic E-state index is 13.6. The third-order valence-electron chi connectivity index (χ3n) is 6.03. The van der Waals surface area contributed by atoms with Gasteiger partial charge in [0.2, 0.25) is 0 Å². The van der Waals surface area contributed by atoms with E-state index in [1.165, 1.54) is 29.2 Å². The van der Waals surface area contributed by atoms with E-state index in [0.29, 0.717) is 12.7 Å². The molecule has 190 valence electrons. The van der Waals surface area contributed by atoms with Crippen LogP contribution in [0.25, 0.3) is 0 Å². The number of carbonyl (C=O) groups is 2. The lowest BCUT2D eigenvalue weighted by atomic mass is 9.87. The van der Waals surface area contributed by atoms with Crippen LogP contribution in [0.3, 0.4) is 0 Å². The Morgan fingerprint density at radius 2 is 1.81 bits per heavy atom. The number of likely N-dealkylation sites (N-methyl/N-ethyl adjacent to an activating group) is 1. The Hall–Kier alpha value is -3.23. The van der Waals surface area contributed by atoms with Crippen molar-refractivity contribution in [1.82, 2.24) is 9.88 Å². The van der Waals surface area contributed by atoms with E-state index in [1.807, 2.05) is 39.8 Å². The molecule has 1 atom stereocenters. The Morgan fingerprint density at radius 3 is 2.36 bits per heavy atom. The lowest BCUT2D eigenvalue weighted by molar-refractivity contribution is 0.0741. The minimum Gasteiger partial charge on any atom is -0.339 e. The van der Waals surface area contributed by atoms with Crippen molar-refractivity contribution < 1.29 is 18.0 Å². The van der Waals surface area contributed by atoms with Crippen LogP contribution < -0.4 is 4.72 Å². The Balaban J connectivity index is 1.96. The van der Waals surface area contributed by atoms with Gasteiger partial charge in [-0.1, -0.05) is 50.6 Å². The smallest absolute Gasteiger partial charge is 0.261 e. The zero-order valence-corrected chi connectivity index (χ0v) is 22.5. The fourth-order valence-electron chi connectivity index (χ4n) is 3.74. The van der Waals surface area contributed by atoms with Gasteiger partial charge in [-0.2, -0.15) is 0 Å². The molecule has 36 heavy (non-hydrogen) atoms. The van der Waals surface area contributed by atoms with Crippen LogP contribution in [0, 0.1) is 0 Å². The first-order valence-corrected chi connectivity index (χ1v) is 13.3. The quantitative estimate of drug-likeness (QED) is 0.398. The molecular weight excluding hydrogens is 498 g/mol. The largest absolute Gasteiger partial charge is 0.339 e. The van der Waals surface area contributed by atoms with Crippen molar-refractivity contribution in [2.24, 2.45) is 0 Å². The van der Waals surface area contributed by atoms with Crippen LogP contribution in [0.2, 0.25) is 5.02 Å². The van der Waals surface area contributed by atoms with Crippen LogP contribution >= 0.6 is 11.6 Å². The van der Waals surface area contributed by atoms with Crippen molar-refractivity contribution in [3.8, 4) is 0 Å². The van der Waals surface area contributed by atoms with Crippen molar-refractivity contribution in [3.63, 3.8) is 0 Å².